The lowest BCUT2D eigenvalue weighted by Gasteiger charge is -2.05. The first kappa shape index (κ1) is 14.3. The number of non-ortho nitro benzene ring substituents is 1. The number of imidazole rings is 1. The van der Waals surface area contributed by atoms with Gasteiger partial charge in [-0.3, -0.25) is 19.5 Å². The summed E-state index contributed by atoms with van der Waals surface area (Å²) in [5.74, 6) is 0.0181. The van der Waals surface area contributed by atoms with Crippen molar-refractivity contribution >= 4 is 17.3 Å². The molecule has 0 spiro atoms. The van der Waals surface area contributed by atoms with Crippen LogP contribution in [0.15, 0.2) is 55.1 Å². The normalized spacial score (nSPS) is 10.3. The number of rotatable bonds is 4. The molecular formula is C14H10N6O3. The van der Waals surface area contributed by atoms with E-state index < -0.39 is 10.8 Å². The average molecular weight is 310 g/mol. The third-order valence-corrected chi connectivity index (χ3v) is 2.97. The first-order valence-electron chi connectivity index (χ1n) is 6.51. The van der Waals surface area contributed by atoms with Gasteiger partial charge in [-0.05, 0) is 18.2 Å². The highest BCUT2D eigenvalue weighted by molar-refractivity contribution is 6.02. The van der Waals surface area contributed by atoms with Crippen LogP contribution in [0.2, 0.25) is 0 Å². The maximum absolute atomic E-state index is 12.1. The summed E-state index contributed by atoms with van der Waals surface area (Å²) in [7, 11) is 0. The highest BCUT2D eigenvalue weighted by atomic mass is 16.6. The van der Waals surface area contributed by atoms with E-state index in [1.807, 2.05) is 0 Å². The number of nitro groups is 1. The van der Waals surface area contributed by atoms with Crippen molar-refractivity contribution in [2.75, 3.05) is 5.32 Å². The molecule has 0 saturated carbocycles. The number of carbonyl (C=O) groups excluding carboxylic acids is 1. The predicted octanol–water partition coefficient (Wildman–Crippen LogP) is 1.82. The van der Waals surface area contributed by atoms with Gasteiger partial charge in [-0.2, -0.15) is 0 Å². The Morgan fingerprint density at radius 3 is 2.74 bits per heavy atom. The van der Waals surface area contributed by atoms with E-state index in [2.05, 4.69) is 20.5 Å². The van der Waals surface area contributed by atoms with E-state index >= 15 is 0 Å². The maximum Gasteiger partial charge on any atom is 0.276 e. The minimum absolute atomic E-state index is 0.0976. The minimum atomic E-state index is -0.532. The molecule has 0 saturated heterocycles. The highest BCUT2D eigenvalue weighted by Crippen LogP contribution is 2.17. The van der Waals surface area contributed by atoms with Crippen molar-refractivity contribution in [2.45, 2.75) is 0 Å². The highest BCUT2D eigenvalue weighted by Gasteiger charge is 2.11. The molecule has 0 radical (unpaired) electrons. The number of nitrogens with one attached hydrogen (secondary N) is 1. The van der Waals surface area contributed by atoms with Gasteiger partial charge in [0, 0.05) is 30.2 Å². The molecular weight excluding hydrogens is 300 g/mol. The van der Waals surface area contributed by atoms with Crippen molar-refractivity contribution in [3.05, 3.63) is 70.9 Å². The number of benzene rings is 1. The first-order chi connectivity index (χ1) is 11.1. The van der Waals surface area contributed by atoms with Gasteiger partial charge < -0.3 is 5.32 Å². The molecule has 3 aromatic rings. The topological polar surface area (TPSA) is 116 Å². The number of hydrogen-bond donors (Lipinski definition) is 1. The van der Waals surface area contributed by atoms with Crippen LogP contribution in [-0.4, -0.2) is 30.6 Å². The molecule has 0 aliphatic heterocycles. The van der Waals surface area contributed by atoms with Gasteiger partial charge in [0.05, 0.1) is 4.92 Å². The fraction of sp³-hybridized carbons (Fsp3) is 0. The third-order valence-electron chi connectivity index (χ3n) is 2.97. The molecule has 23 heavy (non-hydrogen) atoms. The molecule has 114 valence electrons. The molecule has 1 N–H and O–H groups in total. The minimum Gasteiger partial charge on any atom is -0.320 e. The van der Waals surface area contributed by atoms with Crippen LogP contribution in [0.5, 0.6) is 0 Å². The summed E-state index contributed by atoms with van der Waals surface area (Å²) in [6.45, 7) is 0. The Morgan fingerprint density at radius 1 is 1.22 bits per heavy atom. The van der Waals surface area contributed by atoms with Crippen molar-refractivity contribution < 1.29 is 9.72 Å². The van der Waals surface area contributed by atoms with E-state index in [-0.39, 0.29) is 11.4 Å². The Labute approximate surface area is 129 Å². The smallest absolute Gasteiger partial charge is 0.276 e. The molecule has 2 aromatic heterocycles. The Bertz CT molecular complexity index is 845. The van der Waals surface area contributed by atoms with E-state index in [1.165, 1.54) is 24.3 Å². The zero-order valence-electron chi connectivity index (χ0n) is 11.7. The third kappa shape index (κ3) is 3.18. The summed E-state index contributed by atoms with van der Waals surface area (Å²) in [5, 5.41) is 21.0. The lowest BCUT2D eigenvalue weighted by molar-refractivity contribution is -0.384. The summed E-state index contributed by atoms with van der Waals surface area (Å²) < 4.78 is 1.65. The van der Waals surface area contributed by atoms with Gasteiger partial charge in [0.15, 0.2) is 11.5 Å². The Balaban J connectivity index is 1.76. The van der Waals surface area contributed by atoms with Gasteiger partial charge >= 0.3 is 0 Å². The number of amides is 1. The van der Waals surface area contributed by atoms with Crippen molar-refractivity contribution in [3.8, 4) is 5.82 Å². The summed E-state index contributed by atoms with van der Waals surface area (Å²) in [6, 6.07) is 8.78. The molecule has 0 fully saturated rings. The van der Waals surface area contributed by atoms with Gasteiger partial charge in [-0.1, -0.05) is 6.07 Å². The molecule has 0 bridgehead atoms. The van der Waals surface area contributed by atoms with Crippen LogP contribution in [0.4, 0.5) is 11.4 Å². The molecule has 9 nitrogen and oxygen atoms in total. The quantitative estimate of drug-likeness (QED) is 0.580. The summed E-state index contributed by atoms with van der Waals surface area (Å²) >= 11 is 0. The van der Waals surface area contributed by atoms with Crippen LogP contribution < -0.4 is 5.32 Å². The molecule has 2 heterocycles. The van der Waals surface area contributed by atoms with Crippen molar-refractivity contribution in [1.82, 2.24) is 19.7 Å². The maximum atomic E-state index is 12.1. The van der Waals surface area contributed by atoms with Crippen LogP contribution in [-0.2, 0) is 0 Å². The molecule has 0 aliphatic rings. The lowest BCUT2D eigenvalue weighted by atomic mass is 10.2. The largest absolute Gasteiger partial charge is 0.320 e. The van der Waals surface area contributed by atoms with Crippen LogP contribution in [0, 0.1) is 10.1 Å². The standard InChI is InChI=1S/C14H10N6O3/c21-14(16-10-2-1-3-11(8-10)20(22)23)12-4-5-13(18-17-12)19-7-6-15-9-19/h1-9H,(H,16,21). The zero-order valence-corrected chi connectivity index (χ0v) is 11.7. The lowest BCUT2D eigenvalue weighted by Crippen LogP contribution is -2.15. The second kappa shape index (κ2) is 6.02. The Morgan fingerprint density at radius 2 is 2.09 bits per heavy atom. The van der Waals surface area contributed by atoms with E-state index in [1.54, 1.807) is 35.4 Å². The van der Waals surface area contributed by atoms with Crippen molar-refractivity contribution in [1.29, 1.82) is 0 Å². The predicted molar refractivity (Wildman–Crippen MR) is 80.2 cm³/mol. The summed E-state index contributed by atoms with van der Waals surface area (Å²) in [4.78, 5) is 26.2. The Kier molecular flexibility index (Phi) is 3.75. The van der Waals surface area contributed by atoms with Gasteiger partial charge in [-0.15, -0.1) is 10.2 Å². The molecule has 1 aromatic carbocycles. The molecule has 1 amide bonds. The summed E-state index contributed by atoms with van der Waals surface area (Å²) in [5.41, 5.74) is 0.300. The Hall–Kier alpha value is -3.62. The van der Waals surface area contributed by atoms with Crippen LogP contribution >= 0.6 is 0 Å². The van der Waals surface area contributed by atoms with Gasteiger partial charge in [0.1, 0.15) is 6.33 Å². The second-order valence-electron chi connectivity index (χ2n) is 4.51. The van der Waals surface area contributed by atoms with Crippen molar-refractivity contribution in [3.63, 3.8) is 0 Å². The molecule has 0 aliphatic carbocycles. The van der Waals surface area contributed by atoms with Gasteiger partial charge in [-0.25, -0.2) is 4.98 Å². The number of nitrogens with zero attached hydrogens (tertiary/aromatic N) is 5. The van der Waals surface area contributed by atoms with Crippen LogP contribution in [0.1, 0.15) is 10.5 Å². The number of nitro benzene ring substituents is 1. The second-order valence-corrected chi connectivity index (χ2v) is 4.51. The van der Waals surface area contributed by atoms with Crippen LogP contribution in [0.25, 0.3) is 5.82 Å². The molecule has 0 atom stereocenters. The van der Waals surface area contributed by atoms with Gasteiger partial charge in [0.2, 0.25) is 0 Å². The summed E-state index contributed by atoms with van der Waals surface area (Å²) in [6.07, 6.45) is 4.87. The number of aromatic nitrogens is 4. The van der Waals surface area contributed by atoms with E-state index in [0.717, 1.165) is 0 Å². The van der Waals surface area contributed by atoms with Crippen LogP contribution in [0.3, 0.4) is 0 Å². The number of anilines is 1. The van der Waals surface area contributed by atoms with E-state index in [4.69, 9.17) is 0 Å². The first-order valence-corrected chi connectivity index (χ1v) is 6.51. The molecule has 0 unspecified atom stereocenters. The zero-order chi connectivity index (χ0) is 16.2. The van der Waals surface area contributed by atoms with Crippen molar-refractivity contribution in [2.24, 2.45) is 0 Å². The number of hydrogen-bond acceptors (Lipinski definition) is 6. The fourth-order valence-electron chi connectivity index (χ4n) is 1.87. The SMILES string of the molecule is O=C(Nc1cccc([N+](=O)[O-])c1)c1ccc(-n2ccnc2)nn1. The molecule has 9 heteroatoms. The van der Waals surface area contributed by atoms with E-state index in [0.29, 0.717) is 11.5 Å². The monoisotopic (exact) mass is 310 g/mol. The van der Waals surface area contributed by atoms with Gasteiger partial charge in [0.25, 0.3) is 11.6 Å². The number of carbonyl (C=O) groups is 1. The fourth-order valence-corrected chi connectivity index (χ4v) is 1.87. The van der Waals surface area contributed by atoms with E-state index in [9.17, 15) is 14.9 Å². The molecule has 3 rings (SSSR count). The average Bonchev–Trinajstić information content (AvgIpc) is 3.09.